The van der Waals surface area contributed by atoms with Crippen LogP contribution in [0.1, 0.15) is 52.8 Å². The first-order valence-corrected chi connectivity index (χ1v) is 15.5. The van der Waals surface area contributed by atoms with Gasteiger partial charge in [0.05, 0.1) is 31.5 Å². The van der Waals surface area contributed by atoms with Crippen molar-refractivity contribution in [3.05, 3.63) is 106 Å². The van der Waals surface area contributed by atoms with Gasteiger partial charge in [-0.2, -0.15) is 0 Å². The van der Waals surface area contributed by atoms with Gasteiger partial charge in [-0.15, -0.1) is 0 Å². The highest BCUT2D eigenvalue weighted by atomic mass is 32.2. The van der Waals surface area contributed by atoms with Gasteiger partial charge in [0.25, 0.3) is 0 Å². The highest BCUT2D eigenvalue weighted by Gasteiger charge is 2.35. The summed E-state index contributed by atoms with van der Waals surface area (Å²) < 4.78 is 14.8. The molecule has 5 rings (SSSR count). The monoisotopic (exact) mass is 565 g/mol. The van der Waals surface area contributed by atoms with Gasteiger partial charge >= 0.3 is 0 Å². The molecule has 1 aliphatic heterocycles. The van der Waals surface area contributed by atoms with Crippen LogP contribution in [-0.2, 0) is 22.6 Å². The molecule has 0 N–H and O–H groups in total. The lowest BCUT2D eigenvalue weighted by atomic mass is 9.79. The summed E-state index contributed by atoms with van der Waals surface area (Å²) in [5.74, 6) is 0.903. The SMILES string of the molecule is CSN1c2c(C)c(CC=O)c(-c3ccc(C)cc3)c(C)c2-c2c(OCCCOCc3ccccc3)cccc2[C@@H]1C. The zero-order valence-electron chi connectivity index (χ0n) is 24.7. The maximum atomic E-state index is 11.9. The number of rotatable bonds is 11. The fraction of sp³-hybridized carbons (Fsp3) is 0.306. The Hall–Kier alpha value is -3.54. The predicted molar refractivity (Wildman–Crippen MR) is 172 cm³/mol. The Morgan fingerprint density at radius 1 is 0.854 bits per heavy atom. The van der Waals surface area contributed by atoms with Crippen molar-refractivity contribution < 1.29 is 14.3 Å². The molecule has 0 aliphatic carbocycles. The van der Waals surface area contributed by atoms with E-state index in [1.165, 1.54) is 33.5 Å². The van der Waals surface area contributed by atoms with E-state index < -0.39 is 0 Å². The zero-order chi connectivity index (χ0) is 28.9. The number of fused-ring (bicyclic) bond motifs is 3. The zero-order valence-corrected chi connectivity index (χ0v) is 25.5. The Morgan fingerprint density at radius 2 is 1.61 bits per heavy atom. The molecule has 1 heterocycles. The first-order chi connectivity index (χ1) is 20.0. The molecule has 212 valence electrons. The summed E-state index contributed by atoms with van der Waals surface area (Å²) in [5.41, 5.74) is 12.9. The molecular weight excluding hydrogens is 526 g/mol. The number of aryl methyl sites for hydroxylation is 1. The molecule has 0 spiro atoms. The van der Waals surface area contributed by atoms with Gasteiger partial charge in [-0.3, -0.25) is 0 Å². The van der Waals surface area contributed by atoms with Crippen molar-refractivity contribution in [2.24, 2.45) is 0 Å². The molecule has 0 saturated carbocycles. The van der Waals surface area contributed by atoms with Gasteiger partial charge in [-0.1, -0.05) is 84.2 Å². The standard InChI is InChI=1S/C36H39NO3S/c1-24-15-17-29(18-16-24)33-26(3)34-35-31(27(4)37(41-5)36(34)25(2)30(33)19-20-38)13-9-14-32(35)40-22-10-21-39-23-28-11-7-6-8-12-28/h6-9,11-18,20,27H,10,19,21-23H2,1-5H3/t27-/m0/s1. The van der Waals surface area contributed by atoms with E-state index in [-0.39, 0.29) is 6.04 Å². The lowest BCUT2D eigenvalue weighted by Crippen LogP contribution is -2.26. The number of benzene rings is 4. The normalized spacial score (nSPS) is 14.0. The van der Waals surface area contributed by atoms with Crippen LogP contribution in [-0.4, -0.2) is 25.8 Å². The molecule has 1 aliphatic rings. The van der Waals surface area contributed by atoms with Crippen molar-refractivity contribution >= 4 is 23.9 Å². The van der Waals surface area contributed by atoms with Gasteiger partial charge < -0.3 is 18.6 Å². The Morgan fingerprint density at radius 3 is 2.32 bits per heavy atom. The van der Waals surface area contributed by atoms with E-state index in [2.05, 4.69) is 92.9 Å². The van der Waals surface area contributed by atoms with Crippen LogP contribution in [0.15, 0.2) is 72.8 Å². The number of carbonyl (C=O) groups excluding carboxylic acids is 1. The average Bonchev–Trinajstić information content (AvgIpc) is 2.99. The van der Waals surface area contributed by atoms with Gasteiger partial charge in [0.15, 0.2) is 0 Å². The second-order valence-corrected chi connectivity index (χ2v) is 11.5. The van der Waals surface area contributed by atoms with E-state index in [1.54, 1.807) is 11.9 Å². The molecule has 4 aromatic carbocycles. The van der Waals surface area contributed by atoms with Gasteiger partial charge in [-0.05, 0) is 72.7 Å². The molecule has 4 nitrogen and oxygen atoms in total. The molecule has 0 fully saturated rings. The number of nitrogens with zero attached hydrogens (tertiary/aromatic N) is 1. The first-order valence-electron chi connectivity index (χ1n) is 14.3. The van der Waals surface area contributed by atoms with Crippen LogP contribution in [0, 0.1) is 20.8 Å². The van der Waals surface area contributed by atoms with Crippen molar-refractivity contribution in [2.75, 3.05) is 23.8 Å². The molecule has 5 heteroatoms. The predicted octanol–water partition coefficient (Wildman–Crippen LogP) is 8.83. The van der Waals surface area contributed by atoms with Crippen molar-refractivity contribution in [1.82, 2.24) is 0 Å². The number of hydrogen-bond donors (Lipinski definition) is 0. The highest BCUT2D eigenvalue weighted by molar-refractivity contribution is 8.00. The maximum Gasteiger partial charge on any atom is 0.127 e. The van der Waals surface area contributed by atoms with Crippen LogP contribution in [0.5, 0.6) is 5.75 Å². The number of ether oxygens (including phenoxy) is 2. The molecular formula is C36H39NO3S. The van der Waals surface area contributed by atoms with Crippen LogP contribution in [0.2, 0.25) is 0 Å². The van der Waals surface area contributed by atoms with Crippen molar-refractivity contribution in [3.8, 4) is 28.0 Å². The summed E-state index contributed by atoms with van der Waals surface area (Å²) in [4.78, 5) is 11.9. The minimum Gasteiger partial charge on any atom is -0.493 e. The molecule has 0 aromatic heterocycles. The van der Waals surface area contributed by atoms with Crippen LogP contribution in [0.3, 0.4) is 0 Å². The lowest BCUT2D eigenvalue weighted by molar-refractivity contribution is -0.107. The Balaban J connectivity index is 1.53. The minimum atomic E-state index is 0.151. The average molecular weight is 566 g/mol. The number of aldehydes is 1. The van der Waals surface area contributed by atoms with Crippen LogP contribution in [0.25, 0.3) is 22.3 Å². The van der Waals surface area contributed by atoms with Gasteiger partial charge in [-0.25, -0.2) is 0 Å². The number of hydrogen-bond acceptors (Lipinski definition) is 5. The fourth-order valence-electron chi connectivity index (χ4n) is 6.04. The van der Waals surface area contributed by atoms with Crippen LogP contribution >= 0.6 is 11.9 Å². The molecule has 1 atom stereocenters. The smallest absolute Gasteiger partial charge is 0.127 e. The van der Waals surface area contributed by atoms with E-state index in [0.717, 1.165) is 46.3 Å². The number of carbonyl (C=O) groups is 1. The second-order valence-electron chi connectivity index (χ2n) is 10.7. The van der Waals surface area contributed by atoms with E-state index in [9.17, 15) is 4.79 Å². The fourth-order valence-corrected chi connectivity index (χ4v) is 6.88. The third-order valence-electron chi connectivity index (χ3n) is 8.05. The summed E-state index contributed by atoms with van der Waals surface area (Å²) in [5, 5.41) is 0. The lowest BCUT2D eigenvalue weighted by Gasteiger charge is -2.40. The molecule has 0 bridgehead atoms. The first kappa shape index (κ1) is 29.0. The summed E-state index contributed by atoms with van der Waals surface area (Å²) in [6.07, 6.45) is 4.35. The van der Waals surface area contributed by atoms with E-state index >= 15 is 0 Å². The topological polar surface area (TPSA) is 38.8 Å². The maximum absolute atomic E-state index is 11.9. The van der Waals surface area contributed by atoms with Gasteiger partial charge in [0, 0.05) is 30.2 Å². The largest absolute Gasteiger partial charge is 0.493 e. The number of anilines is 1. The Labute approximate surface area is 248 Å². The molecule has 0 amide bonds. The van der Waals surface area contributed by atoms with E-state index in [0.29, 0.717) is 26.2 Å². The summed E-state index contributed by atoms with van der Waals surface area (Å²) in [6.45, 7) is 10.6. The molecule has 0 saturated heterocycles. The van der Waals surface area contributed by atoms with Crippen molar-refractivity contribution in [2.45, 2.75) is 53.2 Å². The van der Waals surface area contributed by atoms with Crippen molar-refractivity contribution in [1.29, 1.82) is 0 Å². The molecule has 0 radical (unpaired) electrons. The summed E-state index contributed by atoms with van der Waals surface area (Å²) in [7, 11) is 0. The summed E-state index contributed by atoms with van der Waals surface area (Å²) >= 11 is 1.73. The van der Waals surface area contributed by atoms with Crippen LogP contribution in [0.4, 0.5) is 5.69 Å². The van der Waals surface area contributed by atoms with E-state index in [1.807, 2.05) is 18.2 Å². The van der Waals surface area contributed by atoms with Crippen LogP contribution < -0.4 is 9.04 Å². The molecule has 4 aromatic rings. The minimum absolute atomic E-state index is 0.151. The Kier molecular flexibility index (Phi) is 9.16. The van der Waals surface area contributed by atoms with Crippen molar-refractivity contribution in [3.63, 3.8) is 0 Å². The van der Waals surface area contributed by atoms with Gasteiger partial charge in [0.2, 0.25) is 0 Å². The van der Waals surface area contributed by atoms with E-state index in [4.69, 9.17) is 9.47 Å². The third kappa shape index (κ3) is 5.79. The summed E-state index contributed by atoms with van der Waals surface area (Å²) in [6, 6.07) is 25.5. The molecule has 0 unspecified atom stereocenters. The Bertz CT molecular complexity index is 1510. The quantitative estimate of drug-likeness (QED) is 0.103. The molecule has 41 heavy (non-hydrogen) atoms. The third-order valence-corrected chi connectivity index (χ3v) is 8.95. The second kappa shape index (κ2) is 13.0. The highest BCUT2D eigenvalue weighted by Crippen LogP contribution is 2.55. The van der Waals surface area contributed by atoms with Gasteiger partial charge in [0.1, 0.15) is 12.0 Å².